The molecule has 5 N–H and O–H groups in total. The van der Waals surface area contributed by atoms with E-state index in [-0.39, 0.29) is 22.7 Å². The van der Waals surface area contributed by atoms with Gasteiger partial charge in [-0.1, -0.05) is 44.7 Å². The van der Waals surface area contributed by atoms with Crippen LogP contribution in [-0.2, 0) is 9.59 Å². The molecule has 0 atom stereocenters. The Morgan fingerprint density at radius 1 is 1.22 bits per heavy atom. The summed E-state index contributed by atoms with van der Waals surface area (Å²) in [5, 5.41) is 17.5. The molecule has 37 heavy (non-hydrogen) atoms. The van der Waals surface area contributed by atoms with Crippen LogP contribution in [0.4, 0.5) is 13.2 Å². The third-order valence-electron chi connectivity index (χ3n) is 5.97. The van der Waals surface area contributed by atoms with Gasteiger partial charge in [0.15, 0.2) is 5.78 Å². The van der Waals surface area contributed by atoms with Gasteiger partial charge in [0.25, 0.3) is 5.91 Å². The molecule has 0 spiro atoms. The fourth-order valence-corrected chi connectivity index (χ4v) is 3.56. The lowest BCUT2D eigenvalue weighted by Gasteiger charge is -2.16. The lowest BCUT2D eigenvalue weighted by molar-refractivity contribution is -0.142. The molecule has 1 aromatic rings. The molecule has 2 saturated carbocycles. The largest absolute Gasteiger partial charge is 0.481 e. The number of hydrogen-bond donors (Lipinski definition) is 4. The lowest BCUT2D eigenvalue weighted by atomic mass is 9.90. The predicted molar refractivity (Wildman–Crippen MR) is 135 cm³/mol. The maximum Gasteiger partial charge on any atom is 0.431 e. The number of pyridine rings is 1. The van der Waals surface area contributed by atoms with Gasteiger partial charge in [-0.2, -0.15) is 13.2 Å². The van der Waals surface area contributed by atoms with Crippen molar-refractivity contribution in [3.05, 3.63) is 39.8 Å². The zero-order valence-electron chi connectivity index (χ0n) is 21.2. The van der Waals surface area contributed by atoms with Crippen LogP contribution in [0.5, 0.6) is 0 Å². The minimum Gasteiger partial charge on any atom is -0.481 e. The van der Waals surface area contributed by atoms with Gasteiger partial charge in [0.05, 0.1) is 23.1 Å². The van der Waals surface area contributed by atoms with E-state index in [9.17, 15) is 27.6 Å². The van der Waals surface area contributed by atoms with Crippen molar-refractivity contribution >= 4 is 35.5 Å². The Kier molecular flexibility index (Phi) is 12.2. The van der Waals surface area contributed by atoms with Gasteiger partial charge in [-0.25, -0.2) is 0 Å². The molecule has 1 aromatic heterocycles. The maximum atomic E-state index is 12.5. The number of nitrogens with one attached hydrogen (secondary N) is 2. The first-order chi connectivity index (χ1) is 17.1. The van der Waals surface area contributed by atoms with Crippen LogP contribution in [0.15, 0.2) is 23.7 Å². The van der Waals surface area contributed by atoms with Gasteiger partial charge < -0.3 is 21.6 Å². The summed E-state index contributed by atoms with van der Waals surface area (Å²) in [4.78, 5) is 37.8. The SMILES string of the molecule is CC1(C)CC1.Cc1cncc(Cl)c1C(=O)CNC(=O)/C(C=N)=C(/N)C(F)(F)F.O=C(O)C1CCCCC1. The molecular weight excluding hydrogens is 513 g/mol. The summed E-state index contributed by atoms with van der Waals surface area (Å²) in [6, 6.07) is 0. The van der Waals surface area contributed by atoms with Crippen molar-refractivity contribution in [3.8, 4) is 0 Å². The molecule has 0 aliphatic heterocycles. The number of Topliss-reactive ketones (excluding diaryl/α,β-unsaturated/α-hetero) is 1. The number of hydrogen-bond acceptors (Lipinski definition) is 6. The Labute approximate surface area is 219 Å². The smallest absolute Gasteiger partial charge is 0.431 e. The molecule has 8 nitrogen and oxygen atoms in total. The molecule has 206 valence electrons. The average molecular weight is 547 g/mol. The van der Waals surface area contributed by atoms with Crippen molar-refractivity contribution in [1.82, 2.24) is 10.3 Å². The Balaban J connectivity index is 0.000000392. The molecule has 0 saturated heterocycles. The van der Waals surface area contributed by atoms with E-state index < -0.39 is 41.7 Å². The quantitative estimate of drug-likeness (QED) is 0.218. The van der Waals surface area contributed by atoms with E-state index in [0.717, 1.165) is 31.1 Å². The highest BCUT2D eigenvalue weighted by molar-refractivity contribution is 6.34. The topological polar surface area (TPSA) is 146 Å². The zero-order valence-corrected chi connectivity index (χ0v) is 21.9. The number of ketones is 1. The van der Waals surface area contributed by atoms with E-state index in [0.29, 0.717) is 5.56 Å². The Hall–Kier alpha value is -2.95. The van der Waals surface area contributed by atoms with Crippen molar-refractivity contribution in [2.45, 2.75) is 71.9 Å². The summed E-state index contributed by atoms with van der Waals surface area (Å²) in [6.45, 7) is 5.56. The molecule has 0 radical (unpaired) electrons. The summed E-state index contributed by atoms with van der Waals surface area (Å²) < 4.78 is 37.4. The number of amides is 1. The number of aromatic nitrogens is 1. The number of nitrogens with two attached hydrogens (primary N) is 1. The molecule has 1 amide bonds. The van der Waals surface area contributed by atoms with Crippen molar-refractivity contribution in [3.63, 3.8) is 0 Å². The Morgan fingerprint density at radius 2 is 1.76 bits per heavy atom. The number of carboxylic acid groups (broad SMARTS) is 1. The molecular formula is C25H34ClF3N4O4. The summed E-state index contributed by atoms with van der Waals surface area (Å²) in [5.41, 5.74) is 3.31. The maximum absolute atomic E-state index is 12.5. The normalized spacial score (nSPS) is 17.1. The lowest BCUT2D eigenvalue weighted by Crippen LogP contribution is -2.35. The number of nitrogens with zero attached hydrogens (tertiary/aromatic N) is 1. The summed E-state index contributed by atoms with van der Waals surface area (Å²) in [6.07, 6.45) is 5.97. The number of carbonyl (C=O) groups excluding carboxylic acids is 2. The van der Waals surface area contributed by atoms with Gasteiger partial charge in [0.1, 0.15) is 5.70 Å². The molecule has 0 unspecified atom stereocenters. The van der Waals surface area contributed by atoms with Crippen molar-refractivity contribution in [1.29, 1.82) is 5.41 Å². The van der Waals surface area contributed by atoms with Crippen LogP contribution in [0.1, 0.15) is 74.7 Å². The monoisotopic (exact) mass is 546 g/mol. The van der Waals surface area contributed by atoms with Crippen LogP contribution in [-0.4, -0.2) is 46.7 Å². The van der Waals surface area contributed by atoms with E-state index in [1.807, 2.05) is 5.32 Å². The highest BCUT2D eigenvalue weighted by atomic mass is 35.5. The van der Waals surface area contributed by atoms with Gasteiger partial charge in [-0.15, -0.1) is 0 Å². The van der Waals surface area contributed by atoms with Crippen LogP contribution in [0.25, 0.3) is 0 Å². The number of carbonyl (C=O) groups is 3. The van der Waals surface area contributed by atoms with E-state index >= 15 is 0 Å². The van der Waals surface area contributed by atoms with Crippen LogP contribution in [0, 0.1) is 23.7 Å². The predicted octanol–water partition coefficient (Wildman–Crippen LogP) is 5.22. The first kappa shape index (κ1) is 32.1. The minimum atomic E-state index is -4.96. The number of rotatable bonds is 6. The van der Waals surface area contributed by atoms with E-state index in [2.05, 4.69) is 18.8 Å². The number of halogens is 4. The number of allylic oxidation sites excluding steroid dienone is 1. The first-order valence-corrected chi connectivity index (χ1v) is 12.2. The summed E-state index contributed by atoms with van der Waals surface area (Å²) >= 11 is 5.83. The van der Waals surface area contributed by atoms with E-state index in [4.69, 9.17) is 27.9 Å². The second-order valence-corrected chi connectivity index (χ2v) is 10.1. The second-order valence-electron chi connectivity index (χ2n) is 9.73. The fourth-order valence-electron chi connectivity index (χ4n) is 3.25. The fraction of sp³-hybridized carbons (Fsp3) is 0.560. The van der Waals surface area contributed by atoms with Gasteiger partial charge in [0.2, 0.25) is 0 Å². The Morgan fingerprint density at radius 3 is 2.14 bits per heavy atom. The highest BCUT2D eigenvalue weighted by Crippen LogP contribution is 2.43. The van der Waals surface area contributed by atoms with E-state index in [1.54, 1.807) is 6.92 Å². The molecule has 2 aliphatic rings. The number of carboxylic acids is 1. The third-order valence-corrected chi connectivity index (χ3v) is 6.25. The molecule has 2 aliphatic carbocycles. The number of aliphatic carboxylic acids is 1. The molecule has 0 aromatic carbocycles. The van der Waals surface area contributed by atoms with Crippen molar-refractivity contribution < 1.29 is 32.7 Å². The molecule has 1 heterocycles. The van der Waals surface area contributed by atoms with Crippen LogP contribution >= 0.6 is 11.6 Å². The summed E-state index contributed by atoms with van der Waals surface area (Å²) in [7, 11) is 0. The Bertz CT molecular complexity index is 993. The third kappa shape index (κ3) is 11.3. The summed E-state index contributed by atoms with van der Waals surface area (Å²) in [5.74, 6) is -2.53. The highest BCUT2D eigenvalue weighted by Gasteiger charge is 2.35. The standard InChI is InChI=1S/C13H12ClF3N4O2.C7H12O2.C5H10/c1-6-3-20-4-8(14)10(6)9(22)5-21-12(23)7(2-18)11(19)13(15,16)17;8-7(9)6-4-2-1-3-5-6;1-5(2)3-4-5/h2-4,18H,5,19H2,1H3,(H,21,23);6H,1-5H2,(H,8,9);3-4H2,1-2H3/b11-7+,18-2?;;. The van der Waals surface area contributed by atoms with Crippen molar-refractivity contribution in [2.75, 3.05) is 6.54 Å². The van der Waals surface area contributed by atoms with Crippen LogP contribution in [0.3, 0.4) is 0 Å². The van der Waals surface area contributed by atoms with Gasteiger partial charge in [0, 0.05) is 24.2 Å². The minimum absolute atomic E-state index is 0.0289. The van der Waals surface area contributed by atoms with Crippen molar-refractivity contribution in [2.24, 2.45) is 17.1 Å². The van der Waals surface area contributed by atoms with Gasteiger partial charge >= 0.3 is 12.1 Å². The zero-order chi connectivity index (χ0) is 28.4. The van der Waals surface area contributed by atoms with E-state index in [1.165, 1.54) is 31.7 Å². The molecule has 2 fully saturated rings. The molecule has 3 rings (SSSR count). The molecule has 0 bridgehead atoms. The first-order valence-electron chi connectivity index (χ1n) is 11.8. The average Bonchev–Trinajstić information content (AvgIpc) is 3.52. The molecule has 12 heteroatoms. The number of alkyl halides is 3. The number of aryl methyl sites for hydroxylation is 1. The van der Waals surface area contributed by atoms with Gasteiger partial charge in [-0.3, -0.25) is 19.4 Å². The second kappa shape index (κ2) is 14.1. The van der Waals surface area contributed by atoms with Crippen LogP contribution < -0.4 is 11.1 Å². The van der Waals surface area contributed by atoms with Gasteiger partial charge in [-0.05, 0) is 43.6 Å². The van der Waals surface area contributed by atoms with Crippen LogP contribution in [0.2, 0.25) is 5.02 Å².